The molecule has 1 heterocycles. The van der Waals surface area contributed by atoms with Crippen LogP contribution in [0.3, 0.4) is 0 Å². The largest absolute Gasteiger partial charge is 0.468 e. The average molecular weight is 221 g/mol. The van der Waals surface area contributed by atoms with Crippen LogP contribution in [0.1, 0.15) is 0 Å². The van der Waals surface area contributed by atoms with Gasteiger partial charge < -0.3 is 10.5 Å². The molecule has 0 saturated carbocycles. The Labute approximate surface area is 84.3 Å². The van der Waals surface area contributed by atoms with Crippen LogP contribution in [-0.2, 0) is 14.3 Å². The molecule has 1 atom stereocenters. The van der Waals surface area contributed by atoms with Crippen LogP contribution >= 0.6 is 21.6 Å². The number of rotatable bonds is 3. The van der Waals surface area contributed by atoms with E-state index in [1.807, 2.05) is 0 Å². The average Bonchev–Trinajstić information content (AvgIpc) is 2.67. The molecule has 74 valence electrons. The molecule has 1 saturated heterocycles. The van der Waals surface area contributed by atoms with Gasteiger partial charge in [-0.1, -0.05) is 21.6 Å². The minimum absolute atomic E-state index is 0.0934. The number of ketones is 1. The van der Waals surface area contributed by atoms with Gasteiger partial charge in [0.1, 0.15) is 0 Å². The monoisotopic (exact) mass is 221 g/mol. The van der Waals surface area contributed by atoms with Crippen molar-refractivity contribution in [2.75, 3.05) is 18.6 Å². The van der Waals surface area contributed by atoms with Crippen LogP contribution in [0.25, 0.3) is 0 Å². The van der Waals surface area contributed by atoms with E-state index in [4.69, 9.17) is 5.73 Å². The summed E-state index contributed by atoms with van der Waals surface area (Å²) in [5.41, 5.74) is 5.41. The quantitative estimate of drug-likeness (QED) is 0.413. The van der Waals surface area contributed by atoms with E-state index < -0.39 is 12.0 Å². The standard InChI is InChI=1S/C7H11NO3S2/c1-11-7(10)5(8)6(9)4-2-12-13-3-4/h4-5H,2-3,8H2,1H3. The molecule has 0 radical (unpaired) electrons. The topological polar surface area (TPSA) is 69.4 Å². The van der Waals surface area contributed by atoms with Crippen LogP contribution in [0, 0.1) is 5.92 Å². The molecule has 0 aliphatic carbocycles. The first-order chi connectivity index (χ1) is 6.16. The summed E-state index contributed by atoms with van der Waals surface area (Å²) in [6.45, 7) is 0. The zero-order chi connectivity index (χ0) is 9.84. The van der Waals surface area contributed by atoms with E-state index in [0.29, 0.717) is 0 Å². The molecule has 1 rings (SSSR count). The number of ether oxygens (including phenoxy) is 1. The van der Waals surface area contributed by atoms with Crippen molar-refractivity contribution in [2.45, 2.75) is 6.04 Å². The van der Waals surface area contributed by atoms with Crippen LogP contribution in [0.4, 0.5) is 0 Å². The summed E-state index contributed by atoms with van der Waals surface area (Å²) in [5.74, 6) is 0.544. The summed E-state index contributed by atoms with van der Waals surface area (Å²) in [6, 6.07) is -1.10. The summed E-state index contributed by atoms with van der Waals surface area (Å²) in [7, 11) is 4.50. The Hall–Kier alpha value is -0.200. The molecule has 0 aromatic heterocycles. The molecule has 13 heavy (non-hydrogen) atoms. The molecule has 0 aromatic rings. The van der Waals surface area contributed by atoms with Crippen molar-refractivity contribution in [3.8, 4) is 0 Å². The lowest BCUT2D eigenvalue weighted by Crippen LogP contribution is -2.43. The predicted molar refractivity (Wildman–Crippen MR) is 53.4 cm³/mol. The first-order valence-corrected chi connectivity index (χ1v) is 6.27. The highest BCUT2D eigenvalue weighted by atomic mass is 33.1. The van der Waals surface area contributed by atoms with Crippen LogP contribution in [0.5, 0.6) is 0 Å². The Balaban J connectivity index is 2.50. The lowest BCUT2D eigenvalue weighted by atomic mass is 10.0. The van der Waals surface area contributed by atoms with Crippen LogP contribution in [0.15, 0.2) is 0 Å². The number of hydrogen-bond acceptors (Lipinski definition) is 6. The van der Waals surface area contributed by atoms with Crippen molar-refractivity contribution in [1.82, 2.24) is 0 Å². The minimum Gasteiger partial charge on any atom is -0.468 e. The van der Waals surface area contributed by atoms with Crippen LogP contribution < -0.4 is 5.73 Å². The molecule has 0 spiro atoms. The van der Waals surface area contributed by atoms with E-state index in [1.165, 1.54) is 7.11 Å². The number of methoxy groups -OCH3 is 1. The summed E-state index contributed by atoms with van der Waals surface area (Å²) >= 11 is 0. The van der Waals surface area contributed by atoms with E-state index in [1.54, 1.807) is 21.6 Å². The van der Waals surface area contributed by atoms with E-state index in [0.717, 1.165) is 11.5 Å². The highest BCUT2D eigenvalue weighted by Crippen LogP contribution is 2.35. The first kappa shape index (κ1) is 10.9. The fourth-order valence-electron chi connectivity index (χ4n) is 0.970. The maximum absolute atomic E-state index is 11.5. The van der Waals surface area contributed by atoms with Crippen molar-refractivity contribution in [1.29, 1.82) is 0 Å². The zero-order valence-corrected chi connectivity index (χ0v) is 8.82. The van der Waals surface area contributed by atoms with Crippen molar-refractivity contribution in [2.24, 2.45) is 11.7 Å². The molecule has 1 unspecified atom stereocenters. The number of carbonyl (C=O) groups is 2. The Bertz CT molecular complexity index is 216. The number of hydrogen-bond donors (Lipinski definition) is 1. The van der Waals surface area contributed by atoms with Crippen molar-refractivity contribution in [3.05, 3.63) is 0 Å². The summed E-state index contributed by atoms with van der Waals surface area (Å²) in [6.07, 6.45) is 0. The second-order valence-corrected chi connectivity index (χ2v) is 5.22. The van der Waals surface area contributed by atoms with Gasteiger partial charge in [-0.3, -0.25) is 4.79 Å². The van der Waals surface area contributed by atoms with Gasteiger partial charge in [0, 0.05) is 17.4 Å². The maximum Gasteiger partial charge on any atom is 0.330 e. The fraction of sp³-hybridized carbons (Fsp3) is 0.714. The Kier molecular flexibility index (Phi) is 4.08. The highest BCUT2D eigenvalue weighted by molar-refractivity contribution is 8.77. The molecule has 0 amide bonds. The van der Waals surface area contributed by atoms with Gasteiger partial charge in [-0.15, -0.1) is 0 Å². The highest BCUT2D eigenvalue weighted by Gasteiger charge is 2.32. The zero-order valence-electron chi connectivity index (χ0n) is 7.19. The second-order valence-electron chi connectivity index (χ2n) is 2.67. The van der Waals surface area contributed by atoms with Gasteiger partial charge in [0.05, 0.1) is 7.11 Å². The molecule has 0 aromatic carbocycles. The fourth-order valence-corrected chi connectivity index (χ4v) is 3.77. The molecule has 1 aliphatic rings. The van der Waals surface area contributed by atoms with Gasteiger partial charge in [0.25, 0.3) is 0 Å². The van der Waals surface area contributed by atoms with Crippen molar-refractivity contribution in [3.63, 3.8) is 0 Å². The number of esters is 1. The van der Waals surface area contributed by atoms with E-state index in [2.05, 4.69) is 4.74 Å². The third kappa shape index (κ3) is 2.62. The Morgan fingerprint density at radius 1 is 1.46 bits per heavy atom. The third-order valence-corrected chi connectivity index (χ3v) is 4.35. The van der Waals surface area contributed by atoms with Crippen LogP contribution in [0.2, 0.25) is 0 Å². The third-order valence-electron chi connectivity index (χ3n) is 1.79. The van der Waals surface area contributed by atoms with Gasteiger partial charge in [0.15, 0.2) is 11.8 Å². The summed E-state index contributed by atoms with van der Waals surface area (Å²) in [4.78, 5) is 22.4. The number of nitrogens with two attached hydrogens (primary N) is 1. The Morgan fingerprint density at radius 3 is 2.46 bits per heavy atom. The molecule has 1 aliphatic heterocycles. The van der Waals surface area contributed by atoms with Gasteiger partial charge in [0.2, 0.25) is 0 Å². The lowest BCUT2D eigenvalue weighted by Gasteiger charge is -2.11. The molecular formula is C7H11NO3S2. The van der Waals surface area contributed by atoms with E-state index >= 15 is 0 Å². The summed E-state index contributed by atoms with van der Waals surface area (Å²) in [5, 5.41) is 0. The lowest BCUT2D eigenvalue weighted by molar-refractivity contribution is -0.145. The normalized spacial score (nSPS) is 19.8. The van der Waals surface area contributed by atoms with Gasteiger partial charge in [-0.05, 0) is 0 Å². The molecule has 6 heteroatoms. The minimum atomic E-state index is -1.10. The van der Waals surface area contributed by atoms with Gasteiger partial charge >= 0.3 is 5.97 Å². The molecular weight excluding hydrogens is 210 g/mol. The molecule has 1 fully saturated rings. The molecule has 0 bridgehead atoms. The molecule has 4 nitrogen and oxygen atoms in total. The maximum atomic E-state index is 11.5. The molecule has 2 N–H and O–H groups in total. The van der Waals surface area contributed by atoms with Crippen LogP contribution in [-0.4, -0.2) is 36.4 Å². The SMILES string of the molecule is COC(=O)C(N)C(=O)C1CSSC1. The second kappa shape index (κ2) is 4.88. The van der Waals surface area contributed by atoms with Gasteiger partial charge in [-0.25, -0.2) is 4.79 Å². The summed E-state index contributed by atoms with van der Waals surface area (Å²) < 4.78 is 4.39. The predicted octanol–water partition coefficient (Wildman–Crippen LogP) is 0.0670. The smallest absolute Gasteiger partial charge is 0.330 e. The first-order valence-electron chi connectivity index (χ1n) is 3.78. The van der Waals surface area contributed by atoms with Crippen molar-refractivity contribution < 1.29 is 14.3 Å². The Morgan fingerprint density at radius 2 is 2.00 bits per heavy atom. The van der Waals surface area contributed by atoms with Gasteiger partial charge in [-0.2, -0.15) is 0 Å². The van der Waals surface area contributed by atoms with E-state index in [9.17, 15) is 9.59 Å². The van der Waals surface area contributed by atoms with E-state index in [-0.39, 0.29) is 11.7 Å². The number of Topliss-reactive ketones (excluding diaryl/α,β-unsaturated/α-hetero) is 1. The number of carbonyl (C=O) groups excluding carboxylic acids is 2. The van der Waals surface area contributed by atoms with Crippen molar-refractivity contribution >= 4 is 33.3 Å².